The fourth-order valence-corrected chi connectivity index (χ4v) is 8.32. The minimum atomic E-state index is -1.65. The van der Waals surface area contributed by atoms with Crippen molar-refractivity contribution in [2.75, 3.05) is 0 Å². The molecular weight excluding hydrogens is 364 g/mol. The van der Waals surface area contributed by atoms with Crippen LogP contribution >= 0.6 is 11.1 Å². The van der Waals surface area contributed by atoms with Crippen molar-refractivity contribution in [2.24, 2.45) is 0 Å². The molecule has 0 spiro atoms. The molecule has 0 unspecified atom stereocenters. The predicted octanol–water partition coefficient (Wildman–Crippen LogP) is 8.13. The predicted molar refractivity (Wildman–Crippen MR) is 126 cm³/mol. The number of halogens is 1. The molecule has 0 aliphatic rings. The van der Waals surface area contributed by atoms with Gasteiger partial charge in [0.15, 0.2) is 7.38 Å². The third kappa shape index (κ3) is 7.52. The normalized spacial score (nSPS) is 11.3. The van der Waals surface area contributed by atoms with Gasteiger partial charge in [-0.2, -0.15) is 11.1 Å². The smallest absolute Gasteiger partial charge is 0.156 e. The van der Waals surface area contributed by atoms with Crippen LogP contribution in [-0.4, -0.2) is 7.38 Å². The molecule has 0 radical (unpaired) electrons. The van der Waals surface area contributed by atoms with Crippen molar-refractivity contribution < 1.29 is 0 Å². The van der Waals surface area contributed by atoms with E-state index in [9.17, 15) is 0 Å². The first-order valence-electron chi connectivity index (χ1n) is 10.2. The van der Waals surface area contributed by atoms with E-state index in [1.54, 1.807) is 0 Å². The van der Waals surface area contributed by atoms with Crippen LogP contribution in [0.1, 0.15) is 48.4 Å². The Morgan fingerprint density at radius 2 is 1.15 bits per heavy atom. The quantitative estimate of drug-likeness (QED) is 0.251. The average Bonchev–Trinajstić information content (AvgIpc) is 2.69. The Labute approximate surface area is 171 Å². The summed E-state index contributed by atoms with van der Waals surface area (Å²) in [5, 5.41) is 0. The highest BCUT2D eigenvalue weighted by Gasteiger charge is 2.28. The van der Waals surface area contributed by atoms with Gasteiger partial charge in [-0.3, -0.25) is 0 Å². The van der Waals surface area contributed by atoms with E-state index < -0.39 is 7.38 Å². The van der Waals surface area contributed by atoms with E-state index in [0.717, 1.165) is 12.8 Å². The Balaban J connectivity index is 1.81. The second kappa shape index (κ2) is 11.3. The molecule has 2 heteroatoms. The van der Waals surface area contributed by atoms with Gasteiger partial charge in [-0.25, -0.2) is 0 Å². The van der Waals surface area contributed by atoms with E-state index in [1.165, 1.54) is 59.6 Å². The fraction of sp³-hybridized carbons (Fsp3) is 0.360. The molecule has 0 saturated heterocycles. The SMILES string of the molecule is C=Cc1ccc(CCC[Si](Cl)(CCC)CCCc2ccc(C=C)cc2)cc1. The summed E-state index contributed by atoms with van der Waals surface area (Å²) in [6.45, 7) is 9.91. The number of benzene rings is 2. The van der Waals surface area contributed by atoms with E-state index in [2.05, 4.69) is 68.6 Å². The van der Waals surface area contributed by atoms with Gasteiger partial charge in [0.1, 0.15) is 0 Å². The van der Waals surface area contributed by atoms with Gasteiger partial charge in [0.2, 0.25) is 0 Å². The summed E-state index contributed by atoms with van der Waals surface area (Å²) < 4.78 is 0. The zero-order valence-corrected chi connectivity index (χ0v) is 18.5. The average molecular weight is 397 g/mol. The molecule has 2 rings (SSSR count). The molecule has 144 valence electrons. The minimum absolute atomic E-state index is 1.13. The Morgan fingerprint density at radius 1 is 0.741 bits per heavy atom. The minimum Gasteiger partial charge on any atom is -0.167 e. The van der Waals surface area contributed by atoms with Crippen LogP contribution < -0.4 is 0 Å². The van der Waals surface area contributed by atoms with Gasteiger partial charge in [-0.05, 0) is 53.2 Å². The van der Waals surface area contributed by atoms with Crippen LogP contribution in [0, 0.1) is 0 Å². The molecule has 27 heavy (non-hydrogen) atoms. The molecule has 0 aromatic heterocycles. The van der Waals surface area contributed by atoms with Crippen LogP contribution in [0.25, 0.3) is 12.2 Å². The van der Waals surface area contributed by atoms with Crippen LogP contribution in [0.2, 0.25) is 18.1 Å². The molecule has 0 saturated carbocycles. The molecule has 2 aromatic rings. The first-order chi connectivity index (χ1) is 13.1. The number of rotatable bonds is 12. The summed E-state index contributed by atoms with van der Waals surface area (Å²) in [5.41, 5.74) is 5.19. The summed E-state index contributed by atoms with van der Waals surface area (Å²) in [5.74, 6) is 0. The summed E-state index contributed by atoms with van der Waals surface area (Å²) >= 11 is 7.18. The number of hydrogen-bond donors (Lipinski definition) is 0. The lowest BCUT2D eigenvalue weighted by molar-refractivity contribution is 0.852. The monoisotopic (exact) mass is 396 g/mol. The van der Waals surface area contributed by atoms with E-state index in [0.29, 0.717) is 0 Å². The first-order valence-corrected chi connectivity index (χ1v) is 13.8. The van der Waals surface area contributed by atoms with Gasteiger partial charge in [-0.15, -0.1) is 0 Å². The van der Waals surface area contributed by atoms with Crippen molar-refractivity contribution in [3.8, 4) is 0 Å². The second-order valence-corrected chi connectivity index (χ2v) is 13.7. The molecule has 0 heterocycles. The molecule has 2 aromatic carbocycles. The van der Waals surface area contributed by atoms with Crippen molar-refractivity contribution >= 4 is 30.6 Å². The zero-order chi connectivity index (χ0) is 19.5. The number of aryl methyl sites for hydroxylation is 2. The third-order valence-corrected chi connectivity index (χ3v) is 10.9. The lowest BCUT2D eigenvalue weighted by Crippen LogP contribution is -2.26. The highest BCUT2D eigenvalue weighted by atomic mass is 35.6. The highest BCUT2D eigenvalue weighted by molar-refractivity contribution is 7.20. The maximum atomic E-state index is 7.18. The molecular formula is C25H33ClSi. The van der Waals surface area contributed by atoms with Crippen LogP contribution in [0.4, 0.5) is 0 Å². The van der Waals surface area contributed by atoms with Crippen molar-refractivity contribution in [1.29, 1.82) is 0 Å². The Hall–Kier alpha value is -1.57. The number of hydrogen-bond acceptors (Lipinski definition) is 0. The van der Waals surface area contributed by atoms with Crippen LogP contribution in [0.15, 0.2) is 61.7 Å². The van der Waals surface area contributed by atoms with Crippen LogP contribution in [0.5, 0.6) is 0 Å². The summed E-state index contributed by atoms with van der Waals surface area (Å²) in [7, 11) is -1.65. The Morgan fingerprint density at radius 3 is 1.48 bits per heavy atom. The lowest BCUT2D eigenvalue weighted by Gasteiger charge is -2.24. The van der Waals surface area contributed by atoms with Crippen molar-refractivity contribution in [1.82, 2.24) is 0 Å². The molecule has 0 amide bonds. The molecule has 0 fully saturated rings. The zero-order valence-electron chi connectivity index (χ0n) is 16.7. The largest absolute Gasteiger partial charge is 0.167 e. The molecule has 0 aliphatic heterocycles. The highest BCUT2D eigenvalue weighted by Crippen LogP contribution is 2.31. The molecule has 0 N–H and O–H groups in total. The maximum Gasteiger partial charge on any atom is 0.156 e. The topological polar surface area (TPSA) is 0 Å². The van der Waals surface area contributed by atoms with Gasteiger partial charge in [0.25, 0.3) is 0 Å². The van der Waals surface area contributed by atoms with Gasteiger partial charge in [0, 0.05) is 0 Å². The standard InChI is InChI=1S/C25H33ClSi/c1-4-19-27(26,20-7-9-24-15-11-22(5-2)12-16-24)21-8-10-25-17-13-23(6-3)14-18-25/h5-6,11-18H,2-4,7-10,19-21H2,1H3. The van der Waals surface area contributed by atoms with Crippen molar-refractivity contribution in [2.45, 2.75) is 57.2 Å². The maximum absolute atomic E-state index is 7.18. The summed E-state index contributed by atoms with van der Waals surface area (Å²) in [6.07, 6.45) is 9.67. The van der Waals surface area contributed by atoms with Crippen LogP contribution in [0.3, 0.4) is 0 Å². The third-order valence-electron chi connectivity index (χ3n) is 5.31. The van der Waals surface area contributed by atoms with E-state index in [-0.39, 0.29) is 0 Å². The van der Waals surface area contributed by atoms with Crippen molar-refractivity contribution in [3.05, 3.63) is 83.9 Å². The van der Waals surface area contributed by atoms with Gasteiger partial charge >= 0.3 is 0 Å². The summed E-state index contributed by atoms with van der Waals surface area (Å²) in [4.78, 5) is 0. The van der Waals surface area contributed by atoms with E-state index in [1.807, 2.05) is 12.2 Å². The van der Waals surface area contributed by atoms with Gasteiger partial charge in [0.05, 0.1) is 0 Å². The Bertz CT molecular complexity index is 643. The van der Waals surface area contributed by atoms with Crippen LogP contribution in [-0.2, 0) is 12.8 Å². The second-order valence-electron chi connectivity index (χ2n) is 7.50. The molecule has 0 aliphatic carbocycles. The lowest BCUT2D eigenvalue weighted by atomic mass is 10.1. The fourth-order valence-electron chi connectivity index (χ4n) is 3.68. The van der Waals surface area contributed by atoms with Gasteiger partial charge in [-0.1, -0.05) is 100 Å². The van der Waals surface area contributed by atoms with E-state index in [4.69, 9.17) is 11.1 Å². The van der Waals surface area contributed by atoms with Gasteiger partial charge < -0.3 is 0 Å². The molecule has 0 bridgehead atoms. The van der Waals surface area contributed by atoms with Crippen molar-refractivity contribution in [3.63, 3.8) is 0 Å². The summed E-state index contributed by atoms with van der Waals surface area (Å²) in [6, 6.07) is 21.2. The Kier molecular flexibility index (Phi) is 9.10. The molecule has 0 nitrogen and oxygen atoms in total. The molecule has 0 atom stereocenters. The van der Waals surface area contributed by atoms with E-state index >= 15 is 0 Å². The first kappa shape index (κ1) is 21.7.